The molecule has 2 aliphatic heterocycles. The highest BCUT2D eigenvalue weighted by molar-refractivity contribution is 5.73. The van der Waals surface area contributed by atoms with E-state index in [0.717, 1.165) is 5.56 Å². The molecule has 3 atom stereocenters. The molecule has 24 heavy (non-hydrogen) atoms. The van der Waals surface area contributed by atoms with Gasteiger partial charge in [0.15, 0.2) is 17.3 Å². The van der Waals surface area contributed by atoms with E-state index >= 15 is 0 Å². The number of aliphatic hydroxyl groups is 1. The molecule has 1 saturated heterocycles. The zero-order chi connectivity index (χ0) is 16.7. The van der Waals surface area contributed by atoms with E-state index in [1.54, 1.807) is 0 Å². The smallest absolute Gasteiger partial charge is 0.231 e. The second-order valence-corrected chi connectivity index (χ2v) is 6.53. The largest absolute Gasteiger partial charge is 0.454 e. The van der Waals surface area contributed by atoms with Crippen molar-refractivity contribution in [2.24, 2.45) is 0 Å². The third-order valence-corrected chi connectivity index (χ3v) is 4.91. The Morgan fingerprint density at radius 2 is 1.96 bits per heavy atom. The molecule has 7 nitrogen and oxygen atoms in total. The monoisotopic (exact) mass is 335 g/mol. The summed E-state index contributed by atoms with van der Waals surface area (Å²) in [5.41, 5.74) is 0.954. The molecule has 4 rings (SSSR count). The summed E-state index contributed by atoms with van der Waals surface area (Å²) in [7, 11) is 0. The quantitative estimate of drug-likeness (QED) is 0.835. The van der Waals surface area contributed by atoms with Crippen molar-refractivity contribution >= 4 is 5.91 Å². The van der Waals surface area contributed by atoms with Gasteiger partial charge in [-0.25, -0.2) is 0 Å². The summed E-state index contributed by atoms with van der Waals surface area (Å²) in [6, 6.07) is 5.30. The minimum atomic E-state index is -0.782. The van der Waals surface area contributed by atoms with Crippen LogP contribution in [0.3, 0.4) is 0 Å². The first kappa shape index (κ1) is 15.7. The first-order valence-electron chi connectivity index (χ1n) is 8.19. The van der Waals surface area contributed by atoms with Crippen molar-refractivity contribution in [3.8, 4) is 11.5 Å². The van der Waals surface area contributed by atoms with Crippen molar-refractivity contribution < 1.29 is 28.8 Å². The van der Waals surface area contributed by atoms with Crippen LogP contribution in [0.25, 0.3) is 0 Å². The molecule has 3 aliphatic rings. The van der Waals surface area contributed by atoms with E-state index < -0.39 is 17.9 Å². The van der Waals surface area contributed by atoms with Crippen LogP contribution in [0.4, 0.5) is 0 Å². The number of amides is 1. The van der Waals surface area contributed by atoms with Crippen molar-refractivity contribution in [3.05, 3.63) is 23.8 Å². The molecule has 0 radical (unpaired) electrons. The Hall–Kier alpha value is -1.83. The number of rotatable bonds is 2. The third kappa shape index (κ3) is 2.72. The number of nitrogens with one attached hydrogen (secondary N) is 1. The third-order valence-electron chi connectivity index (χ3n) is 4.91. The molecule has 130 valence electrons. The Morgan fingerprint density at radius 1 is 1.21 bits per heavy atom. The molecular weight excluding hydrogens is 314 g/mol. The molecule has 0 unspecified atom stereocenters. The summed E-state index contributed by atoms with van der Waals surface area (Å²) in [6.07, 6.45) is 0.157. The predicted octanol–water partition coefficient (Wildman–Crippen LogP) is 0.901. The number of aliphatic hydroxyl groups excluding tert-OH is 1. The minimum absolute atomic E-state index is 0.148. The van der Waals surface area contributed by atoms with Crippen molar-refractivity contribution in [1.29, 1.82) is 0 Å². The summed E-state index contributed by atoms with van der Waals surface area (Å²) in [4.78, 5) is 11.6. The second-order valence-electron chi connectivity index (χ2n) is 6.53. The maximum Gasteiger partial charge on any atom is 0.231 e. The molecule has 0 aromatic heterocycles. The van der Waals surface area contributed by atoms with Gasteiger partial charge in [-0.15, -0.1) is 0 Å². The number of ether oxygens (including phenoxy) is 4. The zero-order valence-corrected chi connectivity index (χ0v) is 13.5. The van der Waals surface area contributed by atoms with Gasteiger partial charge in [0.05, 0.1) is 25.4 Å². The molecule has 1 amide bonds. The Labute approximate surface area is 139 Å². The highest BCUT2D eigenvalue weighted by Gasteiger charge is 2.50. The normalized spacial score (nSPS) is 30.5. The molecule has 1 aromatic rings. The number of carbonyl (C=O) groups excluding carboxylic acids is 1. The molecule has 2 N–H and O–H groups in total. The van der Waals surface area contributed by atoms with Crippen LogP contribution in [0.5, 0.6) is 11.5 Å². The predicted molar refractivity (Wildman–Crippen MR) is 82.8 cm³/mol. The van der Waals surface area contributed by atoms with Gasteiger partial charge in [0.25, 0.3) is 0 Å². The molecule has 2 fully saturated rings. The topological polar surface area (TPSA) is 86.3 Å². The van der Waals surface area contributed by atoms with Gasteiger partial charge in [-0.1, -0.05) is 6.07 Å². The molecule has 0 bridgehead atoms. The van der Waals surface area contributed by atoms with Crippen LogP contribution in [0.15, 0.2) is 18.2 Å². The van der Waals surface area contributed by atoms with Crippen LogP contribution in [0.2, 0.25) is 0 Å². The molecule has 7 heteroatoms. The lowest BCUT2D eigenvalue weighted by Gasteiger charge is -2.44. The van der Waals surface area contributed by atoms with Gasteiger partial charge >= 0.3 is 0 Å². The molecular formula is C17H21NO6. The number of hydrogen-bond donors (Lipinski definition) is 2. The maximum atomic E-state index is 11.6. The van der Waals surface area contributed by atoms with Crippen molar-refractivity contribution in [2.45, 2.75) is 43.6 Å². The summed E-state index contributed by atoms with van der Waals surface area (Å²) in [5.74, 6) is 0.278. The lowest BCUT2D eigenvalue weighted by atomic mass is 9.75. The first-order chi connectivity index (χ1) is 11.6. The zero-order valence-electron chi connectivity index (χ0n) is 13.5. The SMILES string of the molecule is CC(=O)N[C@@H]1[C@@H](c2ccc3c(c2)OCO3)CC2(C[C@@H]1O)OCCO2. The fourth-order valence-electron chi connectivity index (χ4n) is 3.89. The summed E-state index contributed by atoms with van der Waals surface area (Å²) >= 11 is 0. The standard InChI is InChI=1S/C17H21NO6/c1-10(19)18-16-12(7-17(8-13(16)20)23-4-5-24-17)11-2-3-14-15(6-11)22-9-21-14/h2-3,6,12-13,16,20H,4-5,7-9H2,1H3,(H,18,19)/t12-,13+,16-/m1/s1. The van der Waals surface area contributed by atoms with E-state index in [2.05, 4.69) is 5.32 Å². The summed E-state index contributed by atoms with van der Waals surface area (Å²) in [6.45, 7) is 2.70. The van der Waals surface area contributed by atoms with Crippen molar-refractivity contribution in [3.63, 3.8) is 0 Å². The van der Waals surface area contributed by atoms with Crippen LogP contribution in [-0.4, -0.2) is 49.0 Å². The van der Waals surface area contributed by atoms with Crippen LogP contribution >= 0.6 is 0 Å². The van der Waals surface area contributed by atoms with E-state index in [1.165, 1.54) is 6.92 Å². The van der Waals surface area contributed by atoms with E-state index in [0.29, 0.717) is 37.6 Å². The highest BCUT2D eigenvalue weighted by Crippen LogP contribution is 2.45. The molecule has 1 saturated carbocycles. The number of hydrogen-bond acceptors (Lipinski definition) is 6. The van der Waals surface area contributed by atoms with Gasteiger partial charge in [0, 0.05) is 25.7 Å². The lowest BCUT2D eigenvalue weighted by molar-refractivity contribution is -0.205. The van der Waals surface area contributed by atoms with E-state index in [4.69, 9.17) is 18.9 Å². The number of benzene rings is 1. The molecule has 1 aromatic carbocycles. The van der Waals surface area contributed by atoms with E-state index in [1.807, 2.05) is 18.2 Å². The van der Waals surface area contributed by atoms with Crippen LogP contribution < -0.4 is 14.8 Å². The summed E-state index contributed by atoms with van der Waals surface area (Å²) < 4.78 is 22.4. The van der Waals surface area contributed by atoms with Gasteiger partial charge in [-0.2, -0.15) is 0 Å². The number of carbonyl (C=O) groups is 1. The molecule has 1 spiro atoms. The van der Waals surface area contributed by atoms with Gasteiger partial charge in [0.2, 0.25) is 12.7 Å². The Balaban J connectivity index is 1.68. The lowest BCUT2D eigenvalue weighted by Crippen LogP contribution is -2.56. The van der Waals surface area contributed by atoms with Crippen molar-refractivity contribution in [2.75, 3.05) is 20.0 Å². The van der Waals surface area contributed by atoms with E-state index in [9.17, 15) is 9.90 Å². The van der Waals surface area contributed by atoms with Gasteiger partial charge in [-0.05, 0) is 17.7 Å². The van der Waals surface area contributed by atoms with Crippen LogP contribution in [0, 0.1) is 0 Å². The maximum absolute atomic E-state index is 11.6. The van der Waals surface area contributed by atoms with Crippen LogP contribution in [0.1, 0.15) is 31.2 Å². The van der Waals surface area contributed by atoms with Gasteiger partial charge < -0.3 is 29.4 Å². The number of fused-ring (bicyclic) bond motifs is 1. The molecule has 1 aliphatic carbocycles. The highest BCUT2D eigenvalue weighted by atomic mass is 16.7. The van der Waals surface area contributed by atoms with Gasteiger partial charge in [-0.3, -0.25) is 4.79 Å². The molecule has 2 heterocycles. The fraction of sp³-hybridized carbons (Fsp3) is 0.588. The first-order valence-corrected chi connectivity index (χ1v) is 8.19. The van der Waals surface area contributed by atoms with Crippen molar-refractivity contribution in [1.82, 2.24) is 5.32 Å². The second kappa shape index (κ2) is 5.91. The Bertz CT molecular complexity index is 642. The fourth-order valence-corrected chi connectivity index (χ4v) is 3.89. The van der Waals surface area contributed by atoms with E-state index in [-0.39, 0.29) is 18.6 Å². The Morgan fingerprint density at radius 3 is 2.71 bits per heavy atom. The van der Waals surface area contributed by atoms with Crippen LogP contribution in [-0.2, 0) is 14.3 Å². The minimum Gasteiger partial charge on any atom is -0.454 e. The average molecular weight is 335 g/mol. The average Bonchev–Trinajstić information content (AvgIpc) is 3.18. The Kier molecular flexibility index (Phi) is 3.86. The van der Waals surface area contributed by atoms with Gasteiger partial charge in [0.1, 0.15) is 0 Å². The summed E-state index contributed by atoms with van der Waals surface area (Å²) in [5, 5.41) is 13.5.